The van der Waals surface area contributed by atoms with E-state index in [0.29, 0.717) is 22.6 Å². The van der Waals surface area contributed by atoms with Crippen LogP contribution in [0.15, 0.2) is 53.4 Å². The number of rotatable bonds is 4. The molecule has 0 aliphatic carbocycles. The van der Waals surface area contributed by atoms with Gasteiger partial charge in [-0.3, -0.25) is 0 Å². The number of carboxylic acids is 1. The van der Waals surface area contributed by atoms with Crippen LogP contribution in [-0.2, 0) is 10.0 Å². The molecule has 0 bridgehead atoms. The quantitative estimate of drug-likeness (QED) is 0.460. The van der Waals surface area contributed by atoms with E-state index in [9.17, 15) is 18.3 Å². The molecule has 10 heteroatoms. The predicted octanol–water partition coefficient (Wildman–Crippen LogP) is 2.88. The molecule has 0 spiro atoms. The lowest BCUT2D eigenvalue weighted by Crippen LogP contribution is -2.15. The van der Waals surface area contributed by atoms with Crippen molar-refractivity contribution in [1.29, 1.82) is 0 Å². The molecule has 1 heterocycles. The Morgan fingerprint density at radius 2 is 1.57 bits per heavy atom. The fourth-order valence-corrected chi connectivity index (χ4v) is 3.37. The van der Waals surface area contributed by atoms with Crippen LogP contribution in [0.4, 0.5) is 11.6 Å². The van der Waals surface area contributed by atoms with Crippen molar-refractivity contribution in [3.63, 3.8) is 0 Å². The van der Waals surface area contributed by atoms with Crippen molar-refractivity contribution in [1.82, 2.24) is 9.97 Å². The molecule has 0 radical (unpaired) electrons. The highest BCUT2D eigenvalue weighted by atomic mass is 32.2. The second kappa shape index (κ2) is 9.23. The van der Waals surface area contributed by atoms with E-state index in [0.717, 1.165) is 0 Å². The number of nitrogens with two attached hydrogens (primary N) is 1. The van der Waals surface area contributed by atoms with Crippen LogP contribution in [0.3, 0.4) is 0 Å². The monoisotopic (exact) mass is 430 g/mol. The van der Waals surface area contributed by atoms with Gasteiger partial charge in [0.1, 0.15) is 11.3 Å². The molecular formula is C20H22N4O5S. The van der Waals surface area contributed by atoms with Crippen molar-refractivity contribution in [2.45, 2.75) is 25.7 Å². The van der Waals surface area contributed by atoms with Crippen molar-refractivity contribution in [3.8, 4) is 5.75 Å². The molecule has 0 amide bonds. The Morgan fingerprint density at radius 1 is 1.00 bits per heavy atom. The molecule has 1 aromatic heterocycles. The second-order valence-electron chi connectivity index (χ2n) is 6.43. The zero-order chi connectivity index (χ0) is 22.5. The standard InChI is InChI=1S/C12H14N4O2S.C8H8O3/c1-8-7-9(2)15-12(14-8)16-19(17,18)11-5-3-10(13)4-6-11;1-5-3-2-4-6(7(5)9)8(10)11/h3-7H,13H2,1-2H3,(H,14,15,16);2-4,9H,1H3,(H,10,11). The van der Waals surface area contributed by atoms with Gasteiger partial charge in [0.25, 0.3) is 10.0 Å². The van der Waals surface area contributed by atoms with Crippen molar-refractivity contribution < 1.29 is 23.4 Å². The lowest BCUT2D eigenvalue weighted by Gasteiger charge is -2.08. The molecule has 0 saturated heterocycles. The van der Waals surface area contributed by atoms with Crippen LogP contribution in [0.25, 0.3) is 0 Å². The molecule has 0 fully saturated rings. The summed E-state index contributed by atoms with van der Waals surface area (Å²) in [6.07, 6.45) is 0. The normalized spacial score (nSPS) is 10.6. The summed E-state index contributed by atoms with van der Waals surface area (Å²) in [5, 5.41) is 17.7. The van der Waals surface area contributed by atoms with Gasteiger partial charge in [-0.05, 0) is 62.7 Å². The Kier molecular flexibility index (Phi) is 6.96. The van der Waals surface area contributed by atoms with E-state index in [1.807, 2.05) is 0 Å². The Bertz CT molecular complexity index is 1140. The van der Waals surface area contributed by atoms with Gasteiger partial charge in [-0.25, -0.2) is 27.9 Å². The van der Waals surface area contributed by atoms with E-state index >= 15 is 0 Å². The molecule has 3 rings (SSSR count). The largest absolute Gasteiger partial charge is 0.507 e. The molecule has 30 heavy (non-hydrogen) atoms. The lowest BCUT2D eigenvalue weighted by molar-refractivity contribution is 0.0693. The fraction of sp³-hybridized carbons (Fsp3) is 0.150. The van der Waals surface area contributed by atoms with Crippen molar-refractivity contribution in [2.24, 2.45) is 0 Å². The number of aromatic carboxylic acids is 1. The van der Waals surface area contributed by atoms with Gasteiger partial charge in [-0.1, -0.05) is 12.1 Å². The average Bonchev–Trinajstić information content (AvgIpc) is 2.63. The molecule has 5 N–H and O–H groups in total. The number of para-hydroxylation sites is 1. The topological polar surface area (TPSA) is 155 Å². The lowest BCUT2D eigenvalue weighted by atomic mass is 10.1. The summed E-state index contributed by atoms with van der Waals surface area (Å²) in [5.41, 5.74) is 7.94. The van der Waals surface area contributed by atoms with Crippen LogP contribution in [-0.4, -0.2) is 34.6 Å². The molecular weight excluding hydrogens is 408 g/mol. The zero-order valence-corrected chi connectivity index (χ0v) is 17.4. The van der Waals surface area contributed by atoms with Gasteiger partial charge < -0.3 is 15.9 Å². The van der Waals surface area contributed by atoms with Gasteiger partial charge >= 0.3 is 5.97 Å². The van der Waals surface area contributed by atoms with Crippen molar-refractivity contribution >= 4 is 27.6 Å². The minimum atomic E-state index is -3.69. The van der Waals surface area contributed by atoms with Crippen LogP contribution < -0.4 is 10.5 Å². The van der Waals surface area contributed by atoms with Crippen LogP contribution in [0.5, 0.6) is 5.75 Å². The third-order valence-corrected chi connectivity index (χ3v) is 5.21. The molecule has 158 valence electrons. The number of nitrogens with one attached hydrogen (secondary N) is 1. The van der Waals surface area contributed by atoms with E-state index in [1.54, 1.807) is 39.0 Å². The number of hydrogen-bond acceptors (Lipinski definition) is 7. The van der Waals surface area contributed by atoms with E-state index in [4.69, 9.17) is 10.8 Å². The smallest absolute Gasteiger partial charge is 0.339 e. The van der Waals surface area contributed by atoms with Gasteiger partial charge in [0.05, 0.1) is 4.90 Å². The molecule has 0 unspecified atom stereocenters. The first-order valence-corrected chi connectivity index (χ1v) is 10.2. The highest BCUT2D eigenvalue weighted by Crippen LogP contribution is 2.20. The van der Waals surface area contributed by atoms with E-state index < -0.39 is 16.0 Å². The highest BCUT2D eigenvalue weighted by molar-refractivity contribution is 7.92. The summed E-state index contributed by atoms with van der Waals surface area (Å²) in [6, 6.07) is 12.3. The Balaban J connectivity index is 0.000000248. The maximum Gasteiger partial charge on any atom is 0.339 e. The summed E-state index contributed by atoms with van der Waals surface area (Å²) in [6.45, 7) is 5.20. The van der Waals surface area contributed by atoms with Crippen molar-refractivity contribution in [3.05, 3.63) is 71.0 Å². The SMILES string of the molecule is Cc1cc(C)nc(NS(=O)(=O)c2ccc(N)cc2)n1.Cc1cccc(C(=O)O)c1O. The molecule has 0 aliphatic heterocycles. The number of hydrogen-bond donors (Lipinski definition) is 4. The number of nitrogens with zero attached hydrogens (tertiary/aromatic N) is 2. The third kappa shape index (κ3) is 5.92. The molecule has 9 nitrogen and oxygen atoms in total. The summed E-state index contributed by atoms with van der Waals surface area (Å²) < 4.78 is 26.6. The zero-order valence-electron chi connectivity index (χ0n) is 16.6. The average molecular weight is 430 g/mol. The van der Waals surface area contributed by atoms with Gasteiger partial charge in [-0.15, -0.1) is 0 Å². The first kappa shape index (κ1) is 22.6. The summed E-state index contributed by atoms with van der Waals surface area (Å²) >= 11 is 0. The first-order valence-electron chi connectivity index (χ1n) is 8.72. The number of nitrogen functional groups attached to an aromatic ring is 1. The number of aromatic nitrogens is 2. The van der Waals surface area contributed by atoms with E-state index in [1.165, 1.54) is 30.3 Å². The van der Waals surface area contributed by atoms with Gasteiger partial charge in [0.2, 0.25) is 5.95 Å². The van der Waals surface area contributed by atoms with Gasteiger partial charge in [-0.2, -0.15) is 0 Å². The molecule has 0 aliphatic rings. The van der Waals surface area contributed by atoms with Gasteiger partial charge in [0.15, 0.2) is 0 Å². The molecule has 0 atom stereocenters. The number of phenols is 1. The van der Waals surface area contributed by atoms with E-state index in [2.05, 4.69) is 14.7 Å². The minimum absolute atomic E-state index is 0.0509. The number of aromatic hydroxyl groups is 1. The van der Waals surface area contributed by atoms with E-state index in [-0.39, 0.29) is 22.2 Å². The van der Waals surface area contributed by atoms with Crippen LogP contribution in [0, 0.1) is 20.8 Å². The van der Waals surface area contributed by atoms with Crippen LogP contribution in [0.1, 0.15) is 27.3 Å². The maximum atomic E-state index is 12.1. The highest BCUT2D eigenvalue weighted by Gasteiger charge is 2.15. The Morgan fingerprint density at radius 3 is 2.07 bits per heavy atom. The van der Waals surface area contributed by atoms with Gasteiger partial charge in [0, 0.05) is 17.1 Å². The number of sulfonamides is 1. The number of carbonyl (C=O) groups is 1. The van der Waals surface area contributed by atoms with Crippen LogP contribution >= 0.6 is 0 Å². The number of benzene rings is 2. The Hall–Kier alpha value is -3.66. The fourth-order valence-electron chi connectivity index (χ4n) is 2.43. The first-order chi connectivity index (χ1) is 14.0. The Labute approximate surface area is 174 Å². The number of aryl methyl sites for hydroxylation is 3. The third-order valence-electron chi connectivity index (χ3n) is 3.87. The predicted molar refractivity (Wildman–Crippen MR) is 113 cm³/mol. The summed E-state index contributed by atoms with van der Waals surface area (Å²) in [5.74, 6) is -1.19. The number of anilines is 2. The second-order valence-corrected chi connectivity index (χ2v) is 8.11. The molecule has 0 saturated carbocycles. The molecule has 3 aromatic rings. The van der Waals surface area contributed by atoms with Crippen LogP contribution in [0.2, 0.25) is 0 Å². The van der Waals surface area contributed by atoms with Crippen molar-refractivity contribution in [2.75, 3.05) is 10.5 Å². The summed E-state index contributed by atoms with van der Waals surface area (Å²) in [7, 11) is -3.69. The number of carboxylic acid groups (broad SMARTS) is 1. The minimum Gasteiger partial charge on any atom is -0.507 e. The summed E-state index contributed by atoms with van der Waals surface area (Å²) in [4.78, 5) is 18.6. The maximum absolute atomic E-state index is 12.1. The molecule has 2 aromatic carbocycles.